The van der Waals surface area contributed by atoms with E-state index in [9.17, 15) is 0 Å². The molecule has 1 rings (SSSR count). The predicted molar refractivity (Wildman–Crippen MR) is 70.5 cm³/mol. The Kier molecular flexibility index (Phi) is 5.26. The van der Waals surface area contributed by atoms with Crippen LogP contribution in [-0.4, -0.2) is 11.5 Å². The molecule has 0 fully saturated rings. The first-order chi connectivity index (χ1) is 7.68. The van der Waals surface area contributed by atoms with Crippen molar-refractivity contribution < 1.29 is 4.74 Å². The minimum atomic E-state index is 0.191. The molecule has 0 aliphatic carbocycles. The van der Waals surface area contributed by atoms with Crippen LogP contribution in [0.1, 0.15) is 58.6 Å². The zero-order valence-electron chi connectivity index (χ0n) is 10.9. The first-order valence-corrected chi connectivity index (χ1v) is 7.00. The van der Waals surface area contributed by atoms with Crippen molar-refractivity contribution in [3.8, 4) is 5.75 Å². The maximum atomic E-state index is 5.41. The molecule has 0 saturated heterocycles. The van der Waals surface area contributed by atoms with Gasteiger partial charge in [-0.25, -0.2) is 0 Å². The molecule has 16 heavy (non-hydrogen) atoms. The quantitative estimate of drug-likeness (QED) is 0.706. The number of rotatable bonds is 7. The molecule has 1 heterocycles. The highest BCUT2D eigenvalue weighted by Gasteiger charge is 2.30. The summed E-state index contributed by atoms with van der Waals surface area (Å²) < 4.78 is 9.95. The first-order valence-electron chi connectivity index (χ1n) is 6.16. The number of hydrogen-bond acceptors (Lipinski definition) is 3. The van der Waals surface area contributed by atoms with Gasteiger partial charge in [0.05, 0.1) is 12.5 Å². The fourth-order valence-electron chi connectivity index (χ4n) is 2.26. The molecule has 0 saturated carbocycles. The van der Waals surface area contributed by atoms with Gasteiger partial charge in [-0.2, -0.15) is 4.37 Å². The summed E-state index contributed by atoms with van der Waals surface area (Å²) in [7, 11) is 1.74. The van der Waals surface area contributed by atoms with Crippen molar-refractivity contribution in [1.82, 2.24) is 4.37 Å². The lowest BCUT2D eigenvalue weighted by atomic mass is 9.77. The van der Waals surface area contributed by atoms with Crippen LogP contribution in [0.3, 0.4) is 0 Å². The molecule has 92 valence electrons. The van der Waals surface area contributed by atoms with Gasteiger partial charge in [-0.3, -0.25) is 0 Å². The predicted octanol–water partition coefficient (Wildman–Crippen LogP) is 4.40. The van der Waals surface area contributed by atoms with Crippen LogP contribution in [-0.2, 0) is 5.41 Å². The van der Waals surface area contributed by atoms with E-state index in [-0.39, 0.29) is 5.41 Å². The van der Waals surface area contributed by atoms with Gasteiger partial charge in [-0.05, 0) is 24.4 Å². The van der Waals surface area contributed by atoms with Crippen LogP contribution in [0.2, 0.25) is 0 Å². The largest absolute Gasteiger partial charge is 0.494 e. The summed E-state index contributed by atoms with van der Waals surface area (Å²) in [5, 5.41) is 2.01. The average Bonchev–Trinajstić information content (AvgIpc) is 2.75. The van der Waals surface area contributed by atoms with Crippen molar-refractivity contribution in [2.75, 3.05) is 7.11 Å². The normalized spacial score (nSPS) is 14.8. The molecule has 0 radical (unpaired) electrons. The number of hydrogen-bond donors (Lipinski definition) is 0. The van der Waals surface area contributed by atoms with Gasteiger partial charge in [-0.15, -0.1) is 0 Å². The summed E-state index contributed by atoms with van der Waals surface area (Å²) in [4.78, 5) is 0. The summed E-state index contributed by atoms with van der Waals surface area (Å²) in [5.74, 6) is 0.969. The lowest BCUT2D eigenvalue weighted by Gasteiger charge is -2.28. The van der Waals surface area contributed by atoms with Gasteiger partial charge < -0.3 is 4.74 Å². The van der Waals surface area contributed by atoms with Crippen molar-refractivity contribution >= 4 is 11.5 Å². The molecule has 1 unspecified atom stereocenters. The molecule has 3 heteroatoms. The Morgan fingerprint density at radius 2 is 2.06 bits per heavy atom. The molecule has 0 aliphatic heterocycles. The van der Waals surface area contributed by atoms with Gasteiger partial charge in [-0.1, -0.05) is 40.0 Å². The molecule has 0 aromatic carbocycles. The molecule has 2 nitrogen and oxygen atoms in total. The molecular formula is C13H23NOS. The summed E-state index contributed by atoms with van der Waals surface area (Å²) in [6.07, 6.45) is 6.09. The summed E-state index contributed by atoms with van der Waals surface area (Å²) in [6.45, 7) is 6.80. The standard InChI is InChI=1S/C13H23NOS/c1-5-7-9-13(3,8-6-2)12-11(15-4)10-16-14-12/h10H,5-9H2,1-4H3. The maximum absolute atomic E-state index is 5.41. The summed E-state index contributed by atoms with van der Waals surface area (Å²) in [6, 6.07) is 0. The Balaban J connectivity index is 2.91. The highest BCUT2D eigenvalue weighted by atomic mass is 32.1. The van der Waals surface area contributed by atoms with Crippen LogP contribution in [0.15, 0.2) is 5.38 Å². The lowest BCUT2D eigenvalue weighted by Crippen LogP contribution is -2.22. The van der Waals surface area contributed by atoms with E-state index in [1.165, 1.54) is 43.6 Å². The van der Waals surface area contributed by atoms with Crippen molar-refractivity contribution in [3.05, 3.63) is 11.1 Å². The Labute approximate surface area is 103 Å². The second-order valence-corrected chi connectivity index (χ2v) is 5.27. The van der Waals surface area contributed by atoms with Crippen molar-refractivity contribution in [3.63, 3.8) is 0 Å². The third kappa shape index (κ3) is 2.97. The van der Waals surface area contributed by atoms with E-state index >= 15 is 0 Å². The average molecular weight is 241 g/mol. The summed E-state index contributed by atoms with van der Waals surface area (Å²) >= 11 is 1.50. The number of unbranched alkanes of at least 4 members (excludes halogenated alkanes) is 1. The molecular weight excluding hydrogens is 218 g/mol. The molecule has 0 bridgehead atoms. The van der Waals surface area contributed by atoms with Gasteiger partial charge in [0.25, 0.3) is 0 Å². The van der Waals surface area contributed by atoms with E-state index in [2.05, 4.69) is 25.1 Å². The van der Waals surface area contributed by atoms with Crippen LogP contribution >= 0.6 is 11.5 Å². The molecule has 0 aliphatic rings. The second-order valence-electron chi connectivity index (χ2n) is 4.65. The Morgan fingerprint density at radius 3 is 2.62 bits per heavy atom. The van der Waals surface area contributed by atoms with Crippen LogP contribution in [0, 0.1) is 0 Å². The fourth-order valence-corrected chi connectivity index (χ4v) is 3.03. The van der Waals surface area contributed by atoms with E-state index in [0.717, 1.165) is 11.4 Å². The molecule has 0 N–H and O–H groups in total. The SMILES string of the molecule is CCCCC(C)(CCC)c1nscc1OC. The van der Waals surface area contributed by atoms with Gasteiger partial charge >= 0.3 is 0 Å². The number of nitrogens with zero attached hydrogens (tertiary/aromatic N) is 1. The van der Waals surface area contributed by atoms with Gasteiger partial charge in [0.15, 0.2) is 5.75 Å². The highest BCUT2D eigenvalue weighted by molar-refractivity contribution is 7.03. The third-order valence-electron chi connectivity index (χ3n) is 3.21. The van der Waals surface area contributed by atoms with Crippen molar-refractivity contribution in [1.29, 1.82) is 0 Å². The third-order valence-corrected chi connectivity index (χ3v) is 3.82. The number of ether oxygens (including phenoxy) is 1. The molecule has 0 spiro atoms. The van der Waals surface area contributed by atoms with E-state index in [1.54, 1.807) is 7.11 Å². The van der Waals surface area contributed by atoms with Gasteiger partial charge in [0, 0.05) is 5.41 Å². The van der Waals surface area contributed by atoms with Crippen LogP contribution in [0.5, 0.6) is 5.75 Å². The van der Waals surface area contributed by atoms with Gasteiger partial charge in [0.2, 0.25) is 0 Å². The molecule has 1 aromatic heterocycles. The lowest BCUT2D eigenvalue weighted by molar-refractivity contribution is 0.344. The van der Waals surface area contributed by atoms with Crippen molar-refractivity contribution in [2.24, 2.45) is 0 Å². The van der Waals surface area contributed by atoms with E-state index in [0.29, 0.717) is 0 Å². The number of aromatic nitrogens is 1. The minimum absolute atomic E-state index is 0.191. The Hall–Kier alpha value is -0.570. The highest BCUT2D eigenvalue weighted by Crippen LogP contribution is 2.39. The van der Waals surface area contributed by atoms with E-state index in [1.807, 2.05) is 5.38 Å². The Morgan fingerprint density at radius 1 is 1.31 bits per heavy atom. The van der Waals surface area contributed by atoms with Crippen molar-refractivity contribution in [2.45, 2.75) is 58.3 Å². The van der Waals surface area contributed by atoms with Gasteiger partial charge in [0.1, 0.15) is 5.69 Å². The molecule has 0 amide bonds. The van der Waals surface area contributed by atoms with E-state index in [4.69, 9.17) is 4.74 Å². The smallest absolute Gasteiger partial charge is 0.153 e. The second kappa shape index (κ2) is 6.24. The number of methoxy groups -OCH3 is 1. The van der Waals surface area contributed by atoms with Crippen LogP contribution in [0.25, 0.3) is 0 Å². The minimum Gasteiger partial charge on any atom is -0.494 e. The molecule has 1 atom stereocenters. The maximum Gasteiger partial charge on any atom is 0.153 e. The molecule has 1 aromatic rings. The topological polar surface area (TPSA) is 22.1 Å². The first kappa shape index (κ1) is 13.5. The summed E-state index contributed by atoms with van der Waals surface area (Å²) in [5.41, 5.74) is 1.35. The van der Waals surface area contributed by atoms with Crippen LogP contribution < -0.4 is 4.74 Å². The monoisotopic (exact) mass is 241 g/mol. The zero-order chi connectivity index (χ0) is 12.0. The Bertz CT molecular complexity index is 311. The fraction of sp³-hybridized carbons (Fsp3) is 0.769. The zero-order valence-corrected chi connectivity index (χ0v) is 11.7. The van der Waals surface area contributed by atoms with Crippen LogP contribution in [0.4, 0.5) is 0 Å². The van der Waals surface area contributed by atoms with E-state index < -0.39 is 0 Å².